The molecule has 0 spiro atoms. The van der Waals surface area contributed by atoms with Gasteiger partial charge in [-0.1, -0.05) is 36.4 Å². The summed E-state index contributed by atoms with van der Waals surface area (Å²) in [5.74, 6) is -2.40. The highest BCUT2D eigenvalue weighted by Crippen LogP contribution is 2.38. The SMILES string of the molecule is CC(=O)N[C@H]1CC[C@](CNC(=O)Cc2ccc(F)c(F)c2)(c2ccccc2)CC[C@@H]1O. The first-order chi connectivity index (χ1) is 14.8. The Hall–Kier alpha value is -2.80. The van der Waals surface area contributed by atoms with Crippen molar-refractivity contribution in [2.45, 2.75) is 56.6 Å². The molecule has 0 saturated heterocycles. The fourth-order valence-electron chi connectivity index (χ4n) is 4.33. The van der Waals surface area contributed by atoms with Crippen LogP contribution in [0, 0.1) is 11.6 Å². The number of halogens is 2. The van der Waals surface area contributed by atoms with E-state index in [1.807, 2.05) is 30.3 Å². The van der Waals surface area contributed by atoms with Crippen molar-refractivity contribution in [2.24, 2.45) is 0 Å². The topological polar surface area (TPSA) is 78.4 Å². The summed E-state index contributed by atoms with van der Waals surface area (Å²) in [4.78, 5) is 24.1. The van der Waals surface area contributed by atoms with Gasteiger partial charge in [-0.2, -0.15) is 0 Å². The van der Waals surface area contributed by atoms with Crippen molar-refractivity contribution in [1.29, 1.82) is 0 Å². The lowest BCUT2D eigenvalue weighted by atomic mass is 9.74. The summed E-state index contributed by atoms with van der Waals surface area (Å²) >= 11 is 0. The standard InChI is InChI=1S/C24H28F2N2O3/c1-16(29)28-21-9-11-24(12-10-22(21)30,18-5-3-2-4-6-18)15-27-23(31)14-17-7-8-19(25)20(26)13-17/h2-8,13,21-22,30H,9-12,14-15H2,1H3,(H,27,31)(H,28,29)/t21-,22-,24-/m0/s1. The summed E-state index contributed by atoms with van der Waals surface area (Å²) in [7, 11) is 0. The third-order valence-corrected chi connectivity index (χ3v) is 6.06. The lowest BCUT2D eigenvalue weighted by Crippen LogP contribution is -2.42. The second-order valence-corrected chi connectivity index (χ2v) is 8.30. The summed E-state index contributed by atoms with van der Waals surface area (Å²) in [6, 6.07) is 12.9. The molecule has 1 saturated carbocycles. The predicted octanol–water partition coefficient (Wildman–Crippen LogP) is 3.00. The average Bonchev–Trinajstić information content (AvgIpc) is 2.90. The Morgan fingerprint density at radius 1 is 1.06 bits per heavy atom. The molecular weight excluding hydrogens is 402 g/mol. The quantitative estimate of drug-likeness (QED) is 0.617. The number of aliphatic hydroxyl groups is 1. The summed E-state index contributed by atoms with van der Waals surface area (Å²) in [5.41, 5.74) is 1.05. The number of hydrogen-bond donors (Lipinski definition) is 3. The Labute approximate surface area is 180 Å². The van der Waals surface area contributed by atoms with Crippen LogP contribution in [0.2, 0.25) is 0 Å². The van der Waals surface area contributed by atoms with Crippen molar-refractivity contribution in [3.05, 3.63) is 71.3 Å². The smallest absolute Gasteiger partial charge is 0.224 e. The highest BCUT2D eigenvalue weighted by Gasteiger charge is 2.38. The van der Waals surface area contributed by atoms with E-state index in [1.54, 1.807) is 0 Å². The summed E-state index contributed by atoms with van der Waals surface area (Å²) in [6.07, 6.45) is 1.66. The molecule has 3 atom stereocenters. The number of hydrogen-bond acceptors (Lipinski definition) is 3. The number of aliphatic hydroxyl groups excluding tert-OH is 1. The zero-order valence-electron chi connectivity index (χ0n) is 17.5. The molecule has 166 valence electrons. The molecule has 0 aliphatic heterocycles. The van der Waals surface area contributed by atoms with Gasteiger partial charge in [0.15, 0.2) is 11.6 Å². The molecular formula is C24H28F2N2O3. The minimum absolute atomic E-state index is 0.0563. The molecule has 2 amide bonds. The summed E-state index contributed by atoms with van der Waals surface area (Å²) in [6.45, 7) is 1.78. The van der Waals surface area contributed by atoms with Crippen LogP contribution in [0.4, 0.5) is 8.78 Å². The number of nitrogens with one attached hydrogen (secondary N) is 2. The highest BCUT2D eigenvalue weighted by atomic mass is 19.2. The van der Waals surface area contributed by atoms with Crippen molar-refractivity contribution < 1.29 is 23.5 Å². The van der Waals surface area contributed by atoms with Crippen molar-refractivity contribution in [1.82, 2.24) is 10.6 Å². The molecule has 3 rings (SSSR count). The summed E-state index contributed by atoms with van der Waals surface area (Å²) in [5, 5.41) is 16.3. The molecule has 2 aromatic rings. The van der Waals surface area contributed by atoms with E-state index in [0.29, 0.717) is 37.8 Å². The van der Waals surface area contributed by atoms with Crippen LogP contribution in [0.1, 0.15) is 43.7 Å². The minimum Gasteiger partial charge on any atom is -0.391 e. The summed E-state index contributed by atoms with van der Waals surface area (Å²) < 4.78 is 26.6. The third-order valence-electron chi connectivity index (χ3n) is 6.06. The molecule has 0 heterocycles. The van der Waals surface area contributed by atoms with Gasteiger partial charge in [0, 0.05) is 18.9 Å². The zero-order chi connectivity index (χ0) is 22.4. The molecule has 1 aliphatic rings. The second kappa shape index (κ2) is 10.0. The van der Waals surface area contributed by atoms with Gasteiger partial charge in [-0.25, -0.2) is 8.78 Å². The maximum Gasteiger partial charge on any atom is 0.224 e. The Bertz CT molecular complexity index is 922. The van der Waals surface area contributed by atoms with Gasteiger partial charge in [0.05, 0.1) is 18.6 Å². The Kier molecular flexibility index (Phi) is 7.38. The fraction of sp³-hybridized carbons (Fsp3) is 0.417. The number of amides is 2. The monoisotopic (exact) mass is 430 g/mol. The highest BCUT2D eigenvalue weighted by molar-refractivity contribution is 5.78. The van der Waals surface area contributed by atoms with Gasteiger partial charge in [0.25, 0.3) is 0 Å². The maximum absolute atomic E-state index is 13.4. The molecule has 31 heavy (non-hydrogen) atoms. The third kappa shape index (κ3) is 5.88. The van der Waals surface area contributed by atoms with E-state index in [1.165, 1.54) is 13.0 Å². The van der Waals surface area contributed by atoms with E-state index in [0.717, 1.165) is 17.7 Å². The fourth-order valence-corrected chi connectivity index (χ4v) is 4.33. The minimum atomic E-state index is -0.979. The maximum atomic E-state index is 13.4. The van der Waals surface area contributed by atoms with Crippen LogP contribution < -0.4 is 10.6 Å². The lowest BCUT2D eigenvalue weighted by molar-refractivity contribution is -0.121. The molecule has 2 aromatic carbocycles. The van der Waals surface area contributed by atoms with Gasteiger partial charge < -0.3 is 15.7 Å². The Morgan fingerprint density at radius 2 is 1.77 bits per heavy atom. The lowest BCUT2D eigenvalue weighted by Gasteiger charge is -2.34. The molecule has 5 nitrogen and oxygen atoms in total. The van der Waals surface area contributed by atoms with Gasteiger partial charge in [-0.05, 0) is 48.9 Å². The van der Waals surface area contributed by atoms with Gasteiger partial charge in [-0.3, -0.25) is 9.59 Å². The van der Waals surface area contributed by atoms with Crippen molar-refractivity contribution in [3.63, 3.8) is 0 Å². The van der Waals surface area contributed by atoms with E-state index in [-0.39, 0.29) is 24.3 Å². The molecule has 1 fully saturated rings. The van der Waals surface area contributed by atoms with Gasteiger partial charge in [0.1, 0.15) is 0 Å². The van der Waals surface area contributed by atoms with Crippen LogP contribution in [0.25, 0.3) is 0 Å². The molecule has 7 heteroatoms. The van der Waals surface area contributed by atoms with E-state index in [2.05, 4.69) is 10.6 Å². The van der Waals surface area contributed by atoms with Crippen LogP contribution in [-0.2, 0) is 21.4 Å². The predicted molar refractivity (Wildman–Crippen MR) is 113 cm³/mol. The van der Waals surface area contributed by atoms with Crippen LogP contribution >= 0.6 is 0 Å². The van der Waals surface area contributed by atoms with E-state index in [9.17, 15) is 23.5 Å². The van der Waals surface area contributed by atoms with Gasteiger partial charge in [-0.15, -0.1) is 0 Å². The van der Waals surface area contributed by atoms with Crippen molar-refractivity contribution in [2.75, 3.05) is 6.54 Å². The first kappa shape index (κ1) is 22.9. The number of carbonyl (C=O) groups excluding carboxylic acids is 2. The number of carbonyl (C=O) groups is 2. The largest absolute Gasteiger partial charge is 0.391 e. The first-order valence-electron chi connectivity index (χ1n) is 10.5. The molecule has 1 aliphatic carbocycles. The molecule has 3 N–H and O–H groups in total. The van der Waals surface area contributed by atoms with Crippen LogP contribution in [0.15, 0.2) is 48.5 Å². The van der Waals surface area contributed by atoms with Crippen LogP contribution in [-0.4, -0.2) is 35.6 Å². The van der Waals surface area contributed by atoms with Crippen LogP contribution in [0.5, 0.6) is 0 Å². The van der Waals surface area contributed by atoms with Crippen molar-refractivity contribution >= 4 is 11.8 Å². The molecule has 0 bridgehead atoms. The zero-order valence-corrected chi connectivity index (χ0v) is 17.5. The normalized spacial score (nSPS) is 23.6. The molecule has 0 unspecified atom stereocenters. The van der Waals surface area contributed by atoms with E-state index >= 15 is 0 Å². The number of benzene rings is 2. The van der Waals surface area contributed by atoms with Gasteiger partial charge >= 0.3 is 0 Å². The molecule has 0 aromatic heterocycles. The van der Waals surface area contributed by atoms with Crippen LogP contribution in [0.3, 0.4) is 0 Å². The Morgan fingerprint density at radius 3 is 2.45 bits per heavy atom. The van der Waals surface area contributed by atoms with E-state index in [4.69, 9.17) is 0 Å². The Balaban J connectivity index is 1.74. The van der Waals surface area contributed by atoms with Gasteiger partial charge in [0.2, 0.25) is 11.8 Å². The second-order valence-electron chi connectivity index (χ2n) is 8.30. The van der Waals surface area contributed by atoms with E-state index < -0.39 is 23.2 Å². The number of rotatable bonds is 6. The first-order valence-corrected chi connectivity index (χ1v) is 10.5. The molecule has 0 radical (unpaired) electrons. The van der Waals surface area contributed by atoms with Crippen molar-refractivity contribution in [3.8, 4) is 0 Å². The average molecular weight is 430 g/mol.